The molecule has 1 aliphatic heterocycles. The first kappa shape index (κ1) is 17.2. The normalized spacial score (nSPS) is 53.3. The zero-order chi connectivity index (χ0) is 17.1. The van der Waals surface area contributed by atoms with E-state index in [-0.39, 0.29) is 40.5 Å². The molecule has 0 aromatic heterocycles. The molecule has 6 atom stereocenters. The number of hydrogen-bond donors (Lipinski definition) is 1. The van der Waals surface area contributed by atoms with Crippen LogP contribution in [-0.2, 0) is 9.53 Å². The van der Waals surface area contributed by atoms with E-state index in [4.69, 9.17) is 4.74 Å². The number of fused-ring (bicyclic) bond motifs is 2. The number of carbonyl (C=O) groups is 1. The first-order chi connectivity index (χ1) is 10.7. The van der Waals surface area contributed by atoms with Crippen LogP contribution in [0.3, 0.4) is 0 Å². The summed E-state index contributed by atoms with van der Waals surface area (Å²) >= 11 is 0. The summed E-state index contributed by atoms with van der Waals surface area (Å²) in [5, 5.41) is 10.1. The summed E-state index contributed by atoms with van der Waals surface area (Å²) in [5.74, 6) is 0.453. The van der Waals surface area contributed by atoms with Crippen LogP contribution in [0.15, 0.2) is 12.7 Å². The number of aliphatic hydroxyl groups is 1. The van der Waals surface area contributed by atoms with E-state index in [0.717, 1.165) is 32.1 Å². The van der Waals surface area contributed by atoms with Gasteiger partial charge in [0, 0.05) is 29.8 Å². The molecule has 0 bridgehead atoms. The van der Waals surface area contributed by atoms with E-state index in [1.807, 2.05) is 6.08 Å². The van der Waals surface area contributed by atoms with Crippen molar-refractivity contribution in [3.8, 4) is 0 Å². The van der Waals surface area contributed by atoms with Crippen molar-refractivity contribution in [1.82, 2.24) is 0 Å². The maximum Gasteiger partial charge on any atom is 0.137 e. The minimum Gasteiger partial charge on any atom is -0.396 e. The Labute approximate surface area is 140 Å². The molecule has 23 heavy (non-hydrogen) atoms. The molecule has 1 saturated heterocycles. The van der Waals surface area contributed by atoms with Crippen molar-refractivity contribution < 1.29 is 14.6 Å². The Hall–Kier alpha value is -0.670. The summed E-state index contributed by atoms with van der Waals surface area (Å²) in [6, 6.07) is 0. The minimum absolute atomic E-state index is 0.0855. The summed E-state index contributed by atoms with van der Waals surface area (Å²) < 4.78 is 6.75. The molecule has 1 spiro atoms. The molecule has 2 saturated carbocycles. The van der Waals surface area contributed by atoms with Crippen molar-refractivity contribution >= 4 is 5.78 Å². The van der Waals surface area contributed by atoms with Crippen LogP contribution in [0.2, 0.25) is 0 Å². The van der Waals surface area contributed by atoms with E-state index in [0.29, 0.717) is 12.2 Å². The largest absolute Gasteiger partial charge is 0.396 e. The summed E-state index contributed by atoms with van der Waals surface area (Å²) in [6.07, 6.45) is 7.45. The molecular weight excluding hydrogens is 288 g/mol. The molecule has 2 aliphatic carbocycles. The number of Topliss-reactive ketones (excluding diaryl/α,β-unsaturated/α-hetero) is 1. The third-order valence-corrected chi connectivity index (χ3v) is 7.57. The summed E-state index contributed by atoms with van der Waals surface area (Å²) in [7, 11) is 0. The molecule has 0 radical (unpaired) electrons. The van der Waals surface area contributed by atoms with Crippen molar-refractivity contribution in [1.29, 1.82) is 0 Å². The second-order valence-electron chi connectivity index (χ2n) is 9.10. The molecule has 130 valence electrons. The Morgan fingerprint density at radius 2 is 1.96 bits per heavy atom. The van der Waals surface area contributed by atoms with E-state index in [2.05, 4.69) is 34.3 Å². The maximum atomic E-state index is 13.0. The van der Waals surface area contributed by atoms with Gasteiger partial charge in [-0.05, 0) is 38.5 Å². The predicted octanol–water partition coefficient (Wildman–Crippen LogP) is 3.89. The molecule has 1 heterocycles. The Bertz CT molecular complexity index is 529. The van der Waals surface area contributed by atoms with Gasteiger partial charge in [-0.15, -0.1) is 6.58 Å². The van der Waals surface area contributed by atoms with Gasteiger partial charge < -0.3 is 9.84 Å². The third kappa shape index (κ3) is 2.12. The standard InChI is InChI=1S/C20H32O3/c1-6-18(4)10-11-20(23-18)14(2)12-15(22)16-17(3,13-21)8-7-9-19(16,20)5/h6,14,16,21H,1,7-13H2,2-5H3/t14-,16-,17+,18-,19-,20+/m0/s1. The van der Waals surface area contributed by atoms with E-state index < -0.39 is 0 Å². The van der Waals surface area contributed by atoms with Gasteiger partial charge in [0.05, 0.1) is 11.2 Å². The molecule has 0 amide bonds. The number of ketones is 1. The highest BCUT2D eigenvalue weighted by molar-refractivity contribution is 5.84. The van der Waals surface area contributed by atoms with Crippen LogP contribution in [-0.4, -0.2) is 28.7 Å². The lowest BCUT2D eigenvalue weighted by atomic mass is 9.44. The van der Waals surface area contributed by atoms with Gasteiger partial charge in [-0.25, -0.2) is 0 Å². The van der Waals surface area contributed by atoms with E-state index in [1.165, 1.54) is 0 Å². The summed E-state index contributed by atoms with van der Waals surface area (Å²) in [4.78, 5) is 13.0. The smallest absolute Gasteiger partial charge is 0.137 e. The number of hydrogen-bond acceptors (Lipinski definition) is 3. The van der Waals surface area contributed by atoms with Crippen LogP contribution < -0.4 is 0 Å². The van der Waals surface area contributed by atoms with Crippen molar-refractivity contribution in [2.24, 2.45) is 22.7 Å². The molecule has 0 aromatic carbocycles. The zero-order valence-electron chi connectivity index (χ0n) is 15.2. The van der Waals surface area contributed by atoms with Crippen molar-refractivity contribution in [3.63, 3.8) is 0 Å². The molecule has 3 rings (SSSR count). The lowest BCUT2D eigenvalue weighted by Gasteiger charge is -2.63. The SMILES string of the molecule is C=C[C@@]1(C)CC[C@@]2(O1)[C@@H](C)CC(=O)[C@H]1[C@@](C)(CO)CCC[C@@]12C. The van der Waals surface area contributed by atoms with Gasteiger partial charge in [-0.1, -0.05) is 33.3 Å². The average molecular weight is 320 g/mol. The first-order valence-electron chi connectivity index (χ1n) is 9.14. The average Bonchev–Trinajstić information content (AvgIpc) is 2.86. The highest BCUT2D eigenvalue weighted by atomic mass is 16.5. The fourth-order valence-corrected chi connectivity index (χ4v) is 6.28. The quantitative estimate of drug-likeness (QED) is 0.785. The lowest BCUT2D eigenvalue weighted by Crippen LogP contribution is -2.66. The third-order valence-electron chi connectivity index (χ3n) is 7.57. The van der Waals surface area contributed by atoms with Crippen molar-refractivity contribution in [2.75, 3.05) is 6.61 Å². The van der Waals surface area contributed by atoms with Gasteiger partial charge in [0.25, 0.3) is 0 Å². The van der Waals surface area contributed by atoms with Crippen molar-refractivity contribution in [2.45, 2.75) is 77.4 Å². The van der Waals surface area contributed by atoms with E-state index in [9.17, 15) is 9.90 Å². The van der Waals surface area contributed by atoms with E-state index >= 15 is 0 Å². The summed E-state index contributed by atoms with van der Waals surface area (Å²) in [5.41, 5.74) is -1.08. The van der Waals surface area contributed by atoms with Gasteiger partial charge in [0.1, 0.15) is 5.78 Å². The van der Waals surface area contributed by atoms with Crippen LogP contribution in [0.1, 0.15) is 66.2 Å². The number of rotatable bonds is 2. The Balaban J connectivity index is 2.10. The van der Waals surface area contributed by atoms with E-state index in [1.54, 1.807) is 0 Å². The minimum atomic E-state index is -0.312. The first-order valence-corrected chi connectivity index (χ1v) is 9.14. The van der Waals surface area contributed by atoms with Gasteiger partial charge in [0.2, 0.25) is 0 Å². The monoisotopic (exact) mass is 320 g/mol. The zero-order valence-corrected chi connectivity index (χ0v) is 15.2. The molecule has 3 fully saturated rings. The Morgan fingerprint density at radius 3 is 2.52 bits per heavy atom. The number of aliphatic hydroxyl groups excluding tert-OH is 1. The molecule has 3 aliphatic rings. The van der Waals surface area contributed by atoms with Crippen molar-refractivity contribution in [3.05, 3.63) is 12.7 Å². The molecule has 0 aromatic rings. The fourth-order valence-electron chi connectivity index (χ4n) is 6.28. The van der Waals surface area contributed by atoms with Crippen LogP contribution >= 0.6 is 0 Å². The molecule has 3 heteroatoms. The number of ether oxygens (including phenoxy) is 1. The molecule has 3 nitrogen and oxygen atoms in total. The van der Waals surface area contributed by atoms with Crippen LogP contribution in [0.25, 0.3) is 0 Å². The second-order valence-corrected chi connectivity index (χ2v) is 9.10. The predicted molar refractivity (Wildman–Crippen MR) is 91.1 cm³/mol. The Morgan fingerprint density at radius 1 is 1.26 bits per heavy atom. The van der Waals surface area contributed by atoms with Crippen LogP contribution in [0.4, 0.5) is 0 Å². The van der Waals surface area contributed by atoms with Gasteiger partial charge in [-0.3, -0.25) is 4.79 Å². The van der Waals surface area contributed by atoms with Gasteiger partial charge in [0.15, 0.2) is 0 Å². The molecular formula is C20H32O3. The number of carbonyl (C=O) groups excluding carboxylic acids is 1. The topological polar surface area (TPSA) is 46.5 Å². The maximum absolute atomic E-state index is 13.0. The molecule has 1 N–H and O–H groups in total. The Kier molecular flexibility index (Phi) is 3.85. The lowest BCUT2D eigenvalue weighted by molar-refractivity contribution is -0.234. The second kappa shape index (κ2) is 5.16. The fraction of sp³-hybridized carbons (Fsp3) is 0.850. The highest BCUT2D eigenvalue weighted by Crippen LogP contribution is 2.66. The van der Waals surface area contributed by atoms with Crippen LogP contribution in [0.5, 0.6) is 0 Å². The van der Waals surface area contributed by atoms with Crippen LogP contribution in [0, 0.1) is 22.7 Å². The highest BCUT2D eigenvalue weighted by Gasteiger charge is 2.68. The summed E-state index contributed by atoms with van der Waals surface area (Å²) in [6.45, 7) is 12.7. The molecule has 0 unspecified atom stereocenters. The van der Waals surface area contributed by atoms with Gasteiger partial charge in [-0.2, -0.15) is 0 Å². The van der Waals surface area contributed by atoms with Gasteiger partial charge >= 0.3 is 0 Å².